The van der Waals surface area contributed by atoms with Crippen LogP contribution in [0.15, 0.2) is 18.2 Å². The van der Waals surface area contributed by atoms with E-state index in [0.717, 1.165) is 18.9 Å². The molecule has 1 aromatic heterocycles. The molecule has 2 N–H and O–H groups in total. The van der Waals surface area contributed by atoms with Crippen molar-refractivity contribution in [2.75, 3.05) is 18.0 Å². The van der Waals surface area contributed by atoms with Crippen molar-refractivity contribution in [2.24, 2.45) is 11.7 Å². The summed E-state index contributed by atoms with van der Waals surface area (Å²) >= 11 is 0. The van der Waals surface area contributed by atoms with E-state index in [1.165, 1.54) is 6.07 Å². The van der Waals surface area contributed by atoms with E-state index in [-0.39, 0.29) is 6.04 Å². The van der Waals surface area contributed by atoms with Gasteiger partial charge in [-0.1, -0.05) is 6.07 Å². The van der Waals surface area contributed by atoms with E-state index in [0.29, 0.717) is 24.8 Å². The first kappa shape index (κ1) is 14.1. The number of pyridine rings is 1. The third kappa shape index (κ3) is 3.18. The second-order valence-corrected chi connectivity index (χ2v) is 5.06. The molecule has 3 nitrogen and oxygen atoms in total. The number of nitrogens with zero attached hydrogens (tertiary/aromatic N) is 2. The average molecular weight is 273 g/mol. The van der Waals surface area contributed by atoms with E-state index in [9.17, 15) is 13.2 Å². The van der Waals surface area contributed by atoms with Crippen LogP contribution >= 0.6 is 0 Å². The number of rotatable bonds is 2. The summed E-state index contributed by atoms with van der Waals surface area (Å²) in [4.78, 5) is 5.67. The molecule has 2 rings (SSSR count). The minimum Gasteiger partial charge on any atom is -0.354 e. The van der Waals surface area contributed by atoms with Crippen molar-refractivity contribution in [1.82, 2.24) is 4.98 Å². The molecule has 6 heteroatoms. The second kappa shape index (κ2) is 5.36. The monoisotopic (exact) mass is 273 g/mol. The SMILES string of the molecule is CC1CCC(CN)CN1c1cccc(C(F)(F)F)n1. The van der Waals surface area contributed by atoms with Gasteiger partial charge >= 0.3 is 6.18 Å². The summed E-state index contributed by atoms with van der Waals surface area (Å²) in [6.45, 7) is 3.24. The minimum atomic E-state index is -4.40. The van der Waals surface area contributed by atoms with Crippen molar-refractivity contribution in [2.45, 2.75) is 32.0 Å². The largest absolute Gasteiger partial charge is 0.433 e. The topological polar surface area (TPSA) is 42.1 Å². The zero-order valence-corrected chi connectivity index (χ0v) is 10.8. The number of alkyl halides is 3. The normalized spacial score (nSPS) is 24.6. The zero-order chi connectivity index (χ0) is 14.0. The highest BCUT2D eigenvalue weighted by atomic mass is 19.4. The average Bonchev–Trinajstić information content (AvgIpc) is 2.38. The van der Waals surface area contributed by atoms with Gasteiger partial charge in [0.1, 0.15) is 11.5 Å². The highest BCUT2D eigenvalue weighted by Crippen LogP contribution is 2.31. The maximum Gasteiger partial charge on any atom is 0.433 e. The quantitative estimate of drug-likeness (QED) is 0.900. The van der Waals surface area contributed by atoms with Crippen LogP contribution in [0.4, 0.5) is 19.0 Å². The van der Waals surface area contributed by atoms with Crippen LogP contribution in [0.5, 0.6) is 0 Å². The summed E-state index contributed by atoms with van der Waals surface area (Å²) in [6.07, 6.45) is -2.45. The fourth-order valence-electron chi connectivity index (χ4n) is 2.43. The van der Waals surface area contributed by atoms with Gasteiger partial charge in [-0.25, -0.2) is 4.98 Å². The number of halogens is 3. The van der Waals surface area contributed by atoms with E-state index < -0.39 is 11.9 Å². The summed E-state index contributed by atoms with van der Waals surface area (Å²) < 4.78 is 38.0. The Hall–Kier alpha value is -1.30. The van der Waals surface area contributed by atoms with Crippen molar-refractivity contribution >= 4 is 5.82 Å². The lowest BCUT2D eigenvalue weighted by molar-refractivity contribution is -0.141. The van der Waals surface area contributed by atoms with Crippen LogP contribution in [0.1, 0.15) is 25.5 Å². The molecule has 0 aliphatic carbocycles. The summed E-state index contributed by atoms with van der Waals surface area (Å²) in [7, 11) is 0. The molecule has 1 aliphatic rings. The van der Waals surface area contributed by atoms with Crippen molar-refractivity contribution in [3.63, 3.8) is 0 Å². The Bertz CT molecular complexity index is 433. The molecule has 1 fully saturated rings. The maximum atomic E-state index is 12.7. The molecule has 2 unspecified atom stereocenters. The first-order chi connectivity index (χ1) is 8.91. The smallest absolute Gasteiger partial charge is 0.354 e. The minimum absolute atomic E-state index is 0.193. The van der Waals surface area contributed by atoms with Crippen molar-refractivity contribution in [3.05, 3.63) is 23.9 Å². The van der Waals surface area contributed by atoms with Crippen LogP contribution in [0.3, 0.4) is 0 Å². The van der Waals surface area contributed by atoms with Gasteiger partial charge in [-0.2, -0.15) is 13.2 Å². The van der Waals surface area contributed by atoms with Gasteiger partial charge in [0.25, 0.3) is 0 Å². The Labute approximate surface area is 110 Å². The van der Waals surface area contributed by atoms with E-state index in [4.69, 9.17) is 5.73 Å². The molecule has 19 heavy (non-hydrogen) atoms. The lowest BCUT2D eigenvalue weighted by atomic mass is 9.93. The van der Waals surface area contributed by atoms with Gasteiger partial charge in [-0.15, -0.1) is 0 Å². The van der Waals surface area contributed by atoms with E-state index in [2.05, 4.69) is 4.98 Å². The van der Waals surface area contributed by atoms with E-state index in [1.54, 1.807) is 6.07 Å². The molecule has 1 aliphatic heterocycles. The molecule has 0 amide bonds. The van der Waals surface area contributed by atoms with Gasteiger partial charge < -0.3 is 10.6 Å². The summed E-state index contributed by atoms with van der Waals surface area (Å²) in [5.74, 6) is 0.716. The summed E-state index contributed by atoms with van der Waals surface area (Å²) in [6, 6.07) is 4.23. The Morgan fingerprint density at radius 2 is 2.11 bits per heavy atom. The van der Waals surface area contributed by atoms with Crippen molar-refractivity contribution in [1.29, 1.82) is 0 Å². The number of hydrogen-bond donors (Lipinski definition) is 1. The standard InChI is InChI=1S/C13H18F3N3/c1-9-5-6-10(7-17)8-19(9)12-4-2-3-11(18-12)13(14,15)16/h2-4,9-10H,5-8,17H2,1H3. The molecular weight excluding hydrogens is 255 g/mol. The number of anilines is 1. The Balaban J connectivity index is 2.25. The van der Waals surface area contributed by atoms with Gasteiger partial charge in [0.05, 0.1) is 0 Å². The fraction of sp³-hybridized carbons (Fsp3) is 0.615. The first-order valence-corrected chi connectivity index (χ1v) is 6.42. The molecule has 1 aromatic rings. The third-order valence-electron chi connectivity index (χ3n) is 3.63. The molecule has 0 bridgehead atoms. The highest BCUT2D eigenvalue weighted by molar-refractivity contribution is 5.41. The van der Waals surface area contributed by atoms with Crippen molar-refractivity contribution in [3.8, 4) is 0 Å². The fourth-order valence-corrected chi connectivity index (χ4v) is 2.43. The van der Waals surface area contributed by atoms with Gasteiger partial charge in [-0.05, 0) is 44.4 Å². The van der Waals surface area contributed by atoms with Gasteiger partial charge in [0.2, 0.25) is 0 Å². The number of aromatic nitrogens is 1. The molecule has 0 aromatic carbocycles. The van der Waals surface area contributed by atoms with Gasteiger partial charge in [0.15, 0.2) is 0 Å². The van der Waals surface area contributed by atoms with Crippen LogP contribution < -0.4 is 10.6 Å². The number of piperidine rings is 1. The Morgan fingerprint density at radius 1 is 1.37 bits per heavy atom. The lowest BCUT2D eigenvalue weighted by Crippen LogP contribution is -2.44. The van der Waals surface area contributed by atoms with Gasteiger partial charge in [0, 0.05) is 12.6 Å². The summed E-state index contributed by atoms with van der Waals surface area (Å²) in [5.41, 5.74) is 4.82. The number of nitrogens with two attached hydrogens (primary N) is 1. The third-order valence-corrected chi connectivity index (χ3v) is 3.63. The molecule has 2 heterocycles. The second-order valence-electron chi connectivity index (χ2n) is 5.06. The predicted molar refractivity (Wildman–Crippen MR) is 67.8 cm³/mol. The Morgan fingerprint density at radius 3 is 2.74 bits per heavy atom. The Kier molecular flexibility index (Phi) is 3.99. The highest BCUT2D eigenvalue weighted by Gasteiger charge is 2.33. The van der Waals surface area contributed by atoms with Crippen LogP contribution in [-0.4, -0.2) is 24.1 Å². The van der Waals surface area contributed by atoms with Crippen molar-refractivity contribution < 1.29 is 13.2 Å². The van der Waals surface area contributed by atoms with E-state index in [1.807, 2.05) is 11.8 Å². The molecule has 0 spiro atoms. The summed E-state index contributed by atoms with van der Waals surface area (Å²) in [5, 5.41) is 0. The zero-order valence-electron chi connectivity index (χ0n) is 10.8. The molecule has 2 atom stereocenters. The van der Waals surface area contributed by atoms with E-state index >= 15 is 0 Å². The van der Waals surface area contributed by atoms with Crippen LogP contribution in [-0.2, 0) is 6.18 Å². The molecule has 1 saturated heterocycles. The maximum absolute atomic E-state index is 12.7. The molecular formula is C13H18F3N3. The number of hydrogen-bond acceptors (Lipinski definition) is 3. The van der Waals surface area contributed by atoms with Crippen LogP contribution in [0.2, 0.25) is 0 Å². The lowest BCUT2D eigenvalue weighted by Gasteiger charge is -2.38. The molecule has 106 valence electrons. The van der Waals surface area contributed by atoms with Gasteiger partial charge in [-0.3, -0.25) is 0 Å². The van der Waals surface area contributed by atoms with Crippen LogP contribution in [0.25, 0.3) is 0 Å². The molecule has 0 saturated carbocycles. The first-order valence-electron chi connectivity index (χ1n) is 6.42. The van der Waals surface area contributed by atoms with Crippen LogP contribution in [0, 0.1) is 5.92 Å². The molecule has 0 radical (unpaired) electrons. The predicted octanol–water partition coefficient (Wildman–Crippen LogP) is 2.66.